The minimum absolute atomic E-state index is 0.125. The van der Waals surface area contributed by atoms with E-state index in [1.54, 1.807) is 12.2 Å². The molecule has 148 valence electrons. The van der Waals surface area contributed by atoms with Gasteiger partial charge in [-0.05, 0) is 34.1 Å². The molecule has 0 radical (unpaired) electrons. The van der Waals surface area contributed by atoms with Crippen LogP contribution in [0.4, 0.5) is 0 Å². The van der Waals surface area contributed by atoms with Crippen molar-refractivity contribution >= 4 is 5.97 Å². The van der Waals surface area contributed by atoms with Crippen molar-refractivity contribution in [1.29, 1.82) is 0 Å². The molecule has 0 unspecified atom stereocenters. The van der Waals surface area contributed by atoms with Crippen LogP contribution in [0.15, 0.2) is 25.3 Å². The molecule has 0 spiro atoms. The van der Waals surface area contributed by atoms with Crippen molar-refractivity contribution in [3.05, 3.63) is 25.3 Å². The molecule has 0 saturated heterocycles. The topological polar surface area (TPSA) is 76.0 Å². The largest absolute Gasteiger partial charge is 0.466 e. The number of carbonyl (C=O) groups excluding carboxylic acids is 1. The van der Waals surface area contributed by atoms with E-state index in [1.165, 1.54) is 13.3 Å². The highest BCUT2D eigenvalue weighted by Crippen LogP contribution is 1.93. The first-order chi connectivity index (χ1) is 11.4. The summed E-state index contributed by atoms with van der Waals surface area (Å²) in [5, 5.41) is 15.2. The number of carbonyl (C=O) groups is 1. The van der Waals surface area contributed by atoms with E-state index in [0.29, 0.717) is 6.61 Å². The lowest BCUT2D eigenvalue weighted by molar-refractivity contribution is -0.141. The van der Waals surface area contributed by atoms with Crippen LogP contribution in [0.3, 0.4) is 0 Å². The van der Waals surface area contributed by atoms with Crippen LogP contribution in [0.2, 0.25) is 0 Å². The molecule has 0 bridgehead atoms. The van der Waals surface area contributed by atoms with Crippen molar-refractivity contribution in [3.8, 4) is 0 Å². The van der Waals surface area contributed by atoms with Gasteiger partial charge < -0.3 is 19.7 Å². The molecule has 0 aliphatic rings. The van der Waals surface area contributed by atoms with Crippen molar-refractivity contribution in [3.63, 3.8) is 0 Å². The summed E-state index contributed by atoms with van der Waals surface area (Å²) in [7, 11) is 0. The monoisotopic (exact) mass is 350 g/mol. The lowest BCUT2D eigenvalue weighted by atomic mass is 10.3. The van der Waals surface area contributed by atoms with Crippen LogP contribution in [-0.4, -0.2) is 49.2 Å². The van der Waals surface area contributed by atoms with Crippen LogP contribution < -0.4 is 0 Å². The summed E-state index contributed by atoms with van der Waals surface area (Å²) >= 11 is 0. The molecule has 0 saturated carbocycles. The molecular weight excluding hydrogens is 308 g/mol. The summed E-state index contributed by atoms with van der Waals surface area (Å²) in [5.41, 5.74) is 0. The third-order valence-electron chi connectivity index (χ3n) is 1.56. The summed E-state index contributed by atoms with van der Waals surface area (Å²) in [6.07, 6.45) is 6.81. The lowest BCUT2D eigenvalue weighted by Crippen LogP contribution is -1.99. The number of ether oxygens (including phenoxy) is 2. The lowest BCUT2D eigenvalue weighted by Gasteiger charge is -1.98. The Morgan fingerprint density at radius 1 is 0.958 bits per heavy atom. The second-order valence-electron chi connectivity index (χ2n) is 4.09. The number of unbranched alkanes of at least 4 members (excludes halogenated alkanes) is 2. The molecule has 0 aromatic heterocycles. The maximum absolute atomic E-state index is 10.2. The Balaban J connectivity index is -0.0000000687. The van der Waals surface area contributed by atoms with E-state index in [2.05, 4.69) is 20.1 Å². The van der Waals surface area contributed by atoms with Gasteiger partial charge in [0.05, 0.1) is 19.8 Å². The predicted octanol–water partition coefficient (Wildman–Crippen LogP) is 4.14. The first-order valence-electron chi connectivity index (χ1n) is 8.50. The highest BCUT2D eigenvalue weighted by molar-refractivity contribution is 5.65. The molecule has 0 aromatic carbocycles. The molecule has 0 amide bonds. The van der Waals surface area contributed by atoms with Crippen molar-refractivity contribution in [2.75, 3.05) is 33.0 Å². The summed E-state index contributed by atoms with van der Waals surface area (Å²) in [6.45, 7) is 20.1. The van der Waals surface area contributed by atoms with E-state index in [0.717, 1.165) is 26.1 Å². The molecule has 0 heterocycles. The van der Waals surface area contributed by atoms with E-state index < -0.39 is 0 Å². The molecule has 0 aliphatic carbocycles. The highest BCUT2D eigenvalue weighted by atomic mass is 16.5. The van der Waals surface area contributed by atoms with Gasteiger partial charge in [0.2, 0.25) is 0 Å². The van der Waals surface area contributed by atoms with Crippen LogP contribution in [0.5, 0.6) is 0 Å². The Morgan fingerprint density at radius 3 is 1.50 bits per heavy atom. The average Bonchev–Trinajstić information content (AvgIpc) is 2.54. The average molecular weight is 351 g/mol. The summed E-state index contributed by atoms with van der Waals surface area (Å²) < 4.78 is 9.54. The van der Waals surface area contributed by atoms with Gasteiger partial charge in [0.15, 0.2) is 0 Å². The fraction of sp³-hybridized carbons (Fsp3) is 0.737. The van der Waals surface area contributed by atoms with Gasteiger partial charge in [0.25, 0.3) is 0 Å². The third kappa shape index (κ3) is 134. The van der Waals surface area contributed by atoms with Gasteiger partial charge >= 0.3 is 5.97 Å². The molecule has 5 heteroatoms. The van der Waals surface area contributed by atoms with Gasteiger partial charge in [0.1, 0.15) is 0 Å². The number of hydrogen-bond donors (Lipinski definition) is 2. The minimum Gasteiger partial charge on any atom is -0.466 e. The van der Waals surface area contributed by atoms with Crippen LogP contribution >= 0.6 is 0 Å². The van der Waals surface area contributed by atoms with E-state index in [4.69, 9.17) is 19.7 Å². The zero-order valence-electron chi connectivity index (χ0n) is 16.8. The second kappa shape index (κ2) is 49.5. The number of aliphatic hydroxyl groups is 2. The van der Waals surface area contributed by atoms with Crippen molar-refractivity contribution in [1.82, 2.24) is 0 Å². The molecule has 0 atom stereocenters. The molecule has 24 heavy (non-hydrogen) atoms. The van der Waals surface area contributed by atoms with E-state index in [9.17, 15) is 4.79 Å². The molecule has 0 fully saturated rings. The maximum Gasteiger partial charge on any atom is 0.302 e. The number of hydrogen-bond acceptors (Lipinski definition) is 5. The number of esters is 1. The fourth-order valence-electron chi connectivity index (χ4n) is 0.772. The third-order valence-corrected chi connectivity index (χ3v) is 1.56. The SMILES string of the molecule is C=CC.C=CC.CCCCCOC(C)=O.CCOCC.OCCO. The Morgan fingerprint density at radius 2 is 1.33 bits per heavy atom. The zero-order valence-corrected chi connectivity index (χ0v) is 16.8. The van der Waals surface area contributed by atoms with E-state index >= 15 is 0 Å². The Bertz CT molecular complexity index is 196. The molecule has 0 aromatic rings. The quantitative estimate of drug-likeness (QED) is 0.410. The van der Waals surface area contributed by atoms with E-state index in [-0.39, 0.29) is 19.2 Å². The summed E-state index contributed by atoms with van der Waals surface area (Å²) in [6, 6.07) is 0. The Labute approximate surface area is 150 Å². The molecule has 2 N–H and O–H groups in total. The first kappa shape index (κ1) is 34.2. The number of rotatable bonds is 7. The van der Waals surface area contributed by atoms with Crippen LogP contribution in [0, 0.1) is 0 Å². The predicted molar refractivity (Wildman–Crippen MR) is 104 cm³/mol. The fourth-order valence-corrected chi connectivity index (χ4v) is 0.772. The number of allylic oxidation sites excluding steroid dienone is 2. The molecule has 0 aliphatic heterocycles. The van der Waals surface area contributed by atoms with Gasteiger partial charge in [-0.25, -0.2) is 0 Å². The molecule has 5 nitrogen and oxygen atoms in total. The van der Waals surface area contributed by atoms with E-state index in [1.807, 2.05) is 27.7 Å². The van der Waals surface area contributed by atoms with Crippen molar-refractivity contribution in [2.24, 2.45) is 0 Å². The van der Waals surface area contributed by atoms with Crippen molar-refractivity contribution in [2.45, 2.75) is 60.8 Å². The Kier molecular flexibility index (Phi) is 70.6. The second-order valence-corrected chi connectivity index (χ2v) is 4.09. The molecule has 0 rings (SSSR count). The first-order valence-corrected chi connectivity index (χ1v) is 8.50. The van der Waals surface area contributed by atoms with Crippen molar-refractivity contribution < 1.29 is 24.5 Å². The standard InChI is InChI=1S/C7H14O2.C4H10O.2C3H6.C2H6O2/c1-3-4-5-6-9-7(2)8;1-3-5-4-2;2*1-3-2;3-1-2-4/h3-6H2,1-2H3;3-4H2,1-2H3;2*3H,1H2,2H3;3-4H,1-2H2. The molecular formula is C19H42O5. The smallest absolute Gasteiger partial charge is 0.302 e. The maximum atomic E-state index is 10.2. The van der Waals surface area contributed by atoms with Crippen LogP contribution in [0.25, 0.3) is 0 Å². The van der Waals surface area contributed by atoms with Gasteiger partial charge in [0, 0.05) is 20.1 Å². The van der Waals surface area contributed by atoms with Gasteiger partial charge in [-0.1, -0.05) is 31.9 Å². The highest BCUT2D eigenvalue weighted by Gasteiger charge is 1.89. The Hall–Kier alpha value is -1.17. The van der Waals surface area contributed by atoms with Gasteiger partial charge in [-0.15, -0.1) is 13.2 Å². The normalized spacial score (nSPS) is 7.50. The summed E-state index contributed by atoms with van der Waals surface area (Å²) in [4.78, 5) is 10.2. The number of aliphatic hydroxyl groups excluding tert-OH is 2. The van der Waals surface area contributed by atoms with Crippen LogP contribution in [-0.2, 0) is 14.3 Å². The zero-order chi connectivity index (χ0) is 20.1. The summed E-state index contributed by atoms with van der Waals surface area (Å²) in [5.74, 6) is -0.175. The van der Waals surface area contributed by atoms with Gasteiger partial charge in [-0.2, -0.15) is 0 Å². The minimum atomic E-state index is -0.175. The van der Waals surface area contributed by atoms with Crippen LogP contribution in [0.1, 0.15) is 60.8 Å². The van der Waals surface area contributed by atoms with Gasteiger partial charge in [-0.3, -0.25) is 4.79 Å².